The number of para-hydroxylation sites is 1. The first-order valence-corrected chi connectivity index (χ1v) is 5.84. The molecule has 4 nitrogen and oxygen atoms in total. The predicted octanol–water partition coefficient (Wildman–Crippen LogP) is 1.23. The van der Waals surface area contributed by atoms with Gasteiger partial charge in [-0.1, -0.05) is 31.3 Å². The van der Waals surface area contributed by atoms with E-state index in [-0.39, 0.29) is 17.5 Å². The van der Waals surface area contributed by atoms with Gasteiger partial charge in [0.1, 0.15) is 10.7 Å². The molecule has 0 unspecified atom stereocenters. The molecule has 1 rings (SSSR count). The molecule has 0 bridgehead atoms. The van der Waals surface area contributed by atoms with Crippen LogP contribution in [-0.4, -0.2) is 24.0 Å². The number of hydrogen-bond donors (Lipinski definition) is 2. The molecule has 17 heavy (non-hydrogen) atoms. The minimum Gasteiger partial charge on any atom is -0.483 e. The van der Waals surface area contributed by atoms with Gasteiger partial charge in [-0.15, -0.1) is 0 Å². The molecule has 3 N–H and O–H groups in total. The summed E-state index contributed by atoms with van der Waals surface area (Å²) in [7, 11) is 0. The van der Waals surface area contributed by atoms with Crippen LogP contribution in [0.25, 0.3) is 0 Å². The van der Waals surface area contributed by atoms with Crippen molar-refractivity contribution in [3.63, 3.8) is 0 Å². The minimum absolute atomic E-state index is 0.0281. The molecule has 0 aliphatic carbocycles. The maximum atomic E-state index is 11.4. The van der Waals surface area contributed by atoms with E-state index in [0.29, 0.717) is 17.9 Å². The maximum absolute atomic E-state index is 11.4. The lowest BCUT2D eigenvalue weighted by Crippen LogP contribution is -2.29. The van der Waals surface area contributed by atoms with E-state index in [1.807, 2.05) is 13.0 Å². The number of rotatable bonds is 6. The molecule has 0 saturated carbocycles. The Morgan fingerprint density at radius 2 is 2.18 bits per heavy atom. The molecule has 5 heteroatoms. The third-order valence-electron chi connectivity index (χ3n) is 2.08. The van der Waals surface area contributed by atoms with Gasteiger partial charge in [0.05, 0.1) is 5.56 Å². The van der Waals surface area contributed by atoms with Gasteiger partial charge in [-0.25, -0.2) is 0 Å². The Morgan fingerprint density at radius 3 is 2.82 bits per heavy atom. The van der Waals surface area contributed by atoms with E-state index in [2.05, 4.69) is 5.32 Å². The van der Waals surface area contributed by atoms with E-state index in [4.69, 9.17) is 22.7 Å². The Morgan fingerprint density at radius 1 is 1.47 bits per heavy atom. The lowest BCUT2D eigenvalue weighted by atomic mass is 10.2. The molecule has 1 aromatic rings. The van der Waals surface area contributed by atoms with Crippen LogP contribution < -0.4 is 15.8 Å². The van der Waals surface area contributed by atoms with Crippen LogP contribution in [0.4, 0.5) is 0 Å². The van der Waals surface area contributed by atoms with Crippen LogP contribution in [0.2, 0.25) is 0 Å². The largest absolute Gasteiger partial charge is 0.483 e. The molecule has 0 aliphatic rings. The molecule has 0 aliphatic heterocycles. The Kier molecular flexibility index (Phi) is 5.42. The van der Waals surface area contributed by atoms with Crippen molar-refractivity contribution in [2.45, 2.75) is 13.3 Å². The molecule has 0 radical (unpaired) electrons. The van der Waals surface area contributed by atoms with Gasteiger partial charge in [0.25, 0.3) is 5.91 Å². The Hall–Kier alpha value is -1.62. The number of hydrogen-bond acceptors (Lipinski definition) is 3. The monoisotopic (exact) mass is 252 g/mol. The van der Waals surface area contributed by atoms with Crippen molar-refractivity contribution in [1.82, 2.24) is 5.32 Å². The fourth-order valence-electron chi connectivity index (χ4n) is 1.25. The molecule has 1 amide bonds. The fourth-order valence-corrected chi connectivity index (χ4v) is 1.42. The second-order valence-electron chi connectivity index (χ2n) is 3.50. The first-order valence-electron chi connectivity index (χ1n) is 5.43. The quantitative estimate of drug-likeness (QED) is 0.747. The highest BCUT2D eigenvalue weighted by atomic mass is 32.1. The molecule has 0 saturated heterocycles. The van der Waals surface area contributed by atoms with Crippen LogP contribution in [0.15, 0.2) is 24.3 Å². The predicted molar refractivity (Wildman–Crippen MR) is 71.1 cm³/mol. The molecular formula is C12H16N2O2S. The van der Waals surface area contributed by atoms with Crippen LogP contribution in [0.1, 0.15) is 18.9 Å². The minimum atomic E-state index is -0.149. The summed E-state index contributed by atoms with van der Waals surface area (Å²) >= 11 is 4.90. The number of amides is 1. The highest BCUT2D eigenvalue weighted by Crippen LogP contribution is 2.17. The summed E-state index contributed by atoms with van der Waals surface area (Å²) < 4.78 is 5.38. The van der Waals surface area contributed by atoms with Crippen molar-refractivity contribution in [2.75, 3.05) is 13.2 Å². The molecule has 92 valence electrons. The van der Waals surface area contributed by atoms with Crippen molar-refractivity contribution >= 4 is 23.1 Å². The molecule has 0 spiro atoms. The van der Waals surface area contributed by atoms with Gasteiger partial charge in [-0.2, -0.15) is 0 Å². The van der Waals surface area contributed by atoms with E-state index in [0.717, 1.165) is 6.42 Å². The second-order valence-corrected chi connectivity index (χ2v) is 3.94. The summed E-state index contributed by atoms with van der Waals surface area (Å²) in [4.78, 5) is 11.6. The van der Waals surface area contributed by atoms with E-state index in [1.165, 1.54) is 0 Å². The lowest BCUT2D eigenvalue weighted by molar-refractivity contribution is -0.123. The van der Waals surface area contributed by atoms with Gasteiger partial charge in [0.2, 0.25) is 0 Å². The van der Waals surface area contributed by atoms with E-state index < -0.39 is 0 Å². The number of benzene rings is 1. The Balaban J connectivity index is 2.57. The van der Waals surface area contributed by atoms with Crippen molar-refractivity contribution < 1.29 is 9.53 Å². The number of carbonyl (C=O) groups is 1. The summed E-state index contributed by atoms with van der Waals surface area (Å²) in [5.41, 5.74) is 6.20. The highest BCUT2D eigenvalue weighted by molar-refractivity contribution is 7.80. The molecule has 1 aromatic carbocycles. The van der Waals surface area contributed by atoms with Crippen LogP contribution in [0, 0.1) is 0 Å². The fraction of sp³-hybridized carbons (Fsp3) is 0.333. The number of nitrogens with one attached hydrogen (secondary N) is 1. The lowest BCUT2D eigenvalue weighted by Gasteiger charge is -2.10. The number of thiocarbonyl (C=S) groups is 1. The summed E-state index contributed by atoms with van der Waals surface area (Å²) in [5, 5.41) is 2.72. The normalized spacial score (nSPS) is 9.71. The third-order valence-corrected chi connectivity index (χ3v) is 2.30. The van der Waals surface area contributed by atoms with Gasteiger partial charge in [0, 0.05) is 6.54 Å². The summed E-state index contributed by atoms with van der Waals surface area (Å²) in [6, 6.07) is 7.13. The average molecular weight is 252 g/mol. The zero-order valence-corrected chi connectivity index (χ0v) is 10.5. The molecule has 0 atom stereocenters. The smallest absolute Gasteiger partial charge is 0.257 e. The van der Waals surface area contributed by atoms with Gasteiger partial charge in [-0.05, 0) is 18.6 Å². The zero-order chi connectivity index (χ0) is 12.7. The highest BCUT2D eigenvalue weighted by Gasteiger charge is 2.07. The Labute approximate surface area is 106 Å². The van der Waals surface area contributed by atoms with Crippen molar-refractivity contribution in [1.29, 1.82) is 0 Å². The van der Waals surface area contributed by atoms with Gasteiger partial charge >= 0.3 is 0 Å². The molecule has 0 aromatic heterocycles. The van der Waals surface area contributed by atoms with Crippen LogP contribution >= 0.6 is 12.2 Å². The number of ether oxygens (including phenoxy) is 1. The summed E-state index contributed by atoms with van der Waals surface area (Å²) in [6.45, 7) is 2.61. The topological polar surface area (TPSA) is 64.3 Å². The van der Waals surface area contributed by atoms with Crippen LogP contribution in [0.3, 0.4) is 0 Å². The molecule has 0 fully saturated rings. The average Bonchev–Trinajstić information content (AvgIpc) is 2.34. The van der Waals surface area contributed by atoms with Crippen molar-refractivity contribution in [3.8, 4) is 5.75 Å². The summed E-state index contributed by atoms with van der Waals surface area (Å²) in [6.07, 6.45) is 0.898. The third kappa shape index (κ3) is 4.40. The zero-order valence-electron chi connectivity index (χ0n) is 9.73. The van der Waals surface area contributed by atoms with Crippen LogP contribution in [0.5, 0.6) is 5.75 Å². The first-order chi connectivity index (χ1) is 8.15. The van der Waals surface area contributed by atoms with Crippen LogP contribution in [-0.2, 0) is 4.79 Å². The van der Waals surface area contributed by atoms with E-state index in [9.17, 15) is 4.79 Å². The Bertz CT molecular complexity index is 407. The van der Waals surface area contributed by atoms with Gasteiger partial charge in [-0.3, -0.25) is 4.79 Å². The van der Waals surface area contributed by atoms with E-state index in [1.54, 1.807) is 18.2 Å². The summed E-state index contributed by atoms with van der Waals surface area (Å²) in [5.74, 6) is 0.385. The van der Waals surface area contributed by atoms with Gasteiger partial charge in [0.15, 0.2) is 6.61 Å². The van der Waals surface area contributed by atoms with E-state index >= 15 is 0 Å². The standard InChI is InChI=1S/C12H16N2O2S/c1-2-7-14-11(15)8-16-10-6-4-3-5-9(10)12(13)17/h3-6H,2,7-8H2,1H3,(H2,13,17)(H,14,15). The van der Waals surface area contributed by atoms with Crippen molar-refractivity contribution in [3.05, 3.63) is 29.8 Å². The number of nitrogens with two attached hydrogens (primary N) is 1. The van der Waals surface area contributed by atoms with Crippen molar-refractivity contribution in [2.24, 2.45) is 5.73 Å². The van der Waals surface area contributed by atoms with Gasteiger partial charge < -0.3 is 15.8 Å². The molecular weight excluding hydrogens is 236 g/mol. The maximum Gasteiger partial charge on any atom is 0.257 e. The SMILES string of the molecule is CCCNC(=O)COc1ccccc1C(N)=S. The first kappa shape index (κ1) is 13.4. The molecule has 0 heterocycles. The second kappa shape index (κ2) is 6.85. The number of carbonyl (C=O) groups excluding carboxylic acids is 1.